The van der Waals surface area contributed by atoms with Crippen molar-refractivity contribution in [2.75, 3.05) is 17.1 Å². The Bertz CT molecular complexity index is 836. The predicted octanol–water partition coefficient (Wildman–Crippen LogP) is 3.45. The van der Waals surface area contributed by atoms with Crippen LogP contribution >= 0.6 is 11.6 Å². The largest absolute Gasteiger partial charge is 0.352 e. The van der Waals surface area contributed by atoms with Crippen molar-refractivity contribution in [1.29, 1.82) is 0 Å². The lowest BCUT2D eigenvalue weighted by atomic mass is 10.1. The summed E-state index contributed by atoms with van der Waals surface area (Å²) in [5.41, 5.74) is 1.68. The van der Waals surface area contributed by atoms with Crippen LogP contribution in [0, 0.1) is 0 Å². The number of carbonyl (C=O) groups excluding carboxylic acids is 1. The molecule has 0 atom stereocenters. The van der Waals surface area contributed by atoms with Crippen molar-refractivity contribution in [3.8, 4) is 0 Å². The van der Waals surface area contributed by atoms with Crippen LogP contribution in [-0.4, -0.2) is 27.1 Å². The van der Waals surface area contributed by atoms with Gasteiger partial charge in [0.05, 0.1) is 18.5 Å². The van der Waals surface area contributed by atoms with Crippen LogP contribution in [0.5, 0.6) is 0 Å². The third-order valence-electron chi connectivity index (χ3n) is 3.63. The highest BCUT2D eigenvalue weighted by Crippen LogP contribution is 2.24. The van der Waals surface area contributed by atoms with Gasteiger partial charge in [-0.1, -0.05) is 36.7 Å². The number of sulfonamides is 1. The first kappa shape index (κ1) is 19.3. The molecule has 0 aliphatic carbocycles. The molecule has 0 aliphatic rings. The number of carbonyl (C=O) groups is 1. The molecular weight excluding hydrogens is 360 g/mol. The second-order valence-electron chi connectivity index (χ2n) is 5.66. The monoisotopic (exact) mass is 380 g/mol. The van der Waals surface area contributed by atoms with Crippen LogP contribution in [0.2, 0.25) is 5.02 Å². The summed E-state index contributed by atoms with van der Waals surface area (Å²) < 4.78 is 25.7. The zero-order valence-corrected chi connectivity index (χ0v) is 15.8. The Morgan fingerprint density at radius 3 is 2.32 bits per heavy atom. The van der Waals surface area contributed by atoms with Gasteiger partial charge in [0.1, 0.15) is 0 Å². The molecule has 1 N–H and O–H groups in total. The molecule has 0 spiro atoms. The highest BCUT2D eigenvalue weighted by Gasteiger charge is 2.19. The summed E-state index contributed by atoms with van der Waals surface area (Å²) in [5, 5.41) is 3.29. The van der Waals surface area contributed by atoms with E-state index in [1.807, 2.05) is 13.0 Å². The lowest BCUT2D eigenvalue weighted by molar-refractivity contribution is 0.0953. The Morgan fingerprint density at radius 2 is 1.76 bits per heavy atom. The fourth-order valence-corrected chi connectivity index (χ4v) is 3.37. The van der Waals surface area contributed by atoms with E-state index in [0.29, 0.717) is 28.4 Å². The van der Waals surface area contributed by atoms with Gasteiger partial charge in [0.25, 0.3) is 5.91 Å². The number of anilines is 1. The quantitative estimate of drug-likeness (QED) is 0.800. The van der Waals surface area contributed by atoms with Crippen LogP contribution < -0.4 is 9.62 Å². The van der Waals surface area contributed by atoms with Gasteiger partial charge in [0.2, 0.25) is 10.0 Å². The molecule has 7 heteroatoms. The van der Waals surface area contributed by atoms with Crippen molar-refractivity contribution in [1.82, 2.24) is 5.32 Å². The first-order valence-electron chi connectivity index (χ1n) is 7.92. The lowest BCUT2D eigenvalue weighted by Gasteiger charge is -2.23. The number of hydrogen-bond acceptors (Lipinski definition) is 3. The number of nitrogens with one attached hydrogen (secondary N) is 1. The lowest BCUT2D eigenvalue weighted by Crippen LogP contribution is -2.29. The van der Waals surface area contributed by atoms with E-state index in [0.717, 1.165) is 12.7 Å². The molecule has 0 aromatic heterocycles. The Hall–Kier alpha value is -2.05. The number of halogens is 1. The Morgan fingerprint density at radius 1 is 1.12 bits per heavy atom. The second kappa shape index (κ2) is 8.36. The van der Waals surface area contributed by atoms with Crippen LogP contribution in [0.4, 0.5) is 5.69 Å². The molecule has 0 aliphatic heterocycles. The van der Waals surface area contributed by atoms with Gasteiger partial charge in [0.15, 0.2) is 0 Å². The Labute approximate surface area is 153 Å². The average molecular weight is 381 g/mol. The molecule has 2 aromatic rings. The van der Waals surface area contributed by atoms with Crippen molar-refractivity contribution >= 4 is 33.2 Å². The zero-order chi connectivity index (χ0) is 18.4. The van der Waals surface area contributed by atoms with Gasteiger partial charge < -0.3 is 5.32 Å². The average Bonchev–Trinajstić information content (AvgIpc) is 2.58. The summed E-state index contributed by atoms with van der Waals surface area (Å²) in [4.78, 5) is 12.0. The van der Waals surface area contributed by atoms with Crippen LogP contribution in [0.3, 0.4) is 0 Å². The number of rotatable bonds is 7. The molecule has 5 nitrogen and oxygen atoms in total. The fraction of sp³-hybridized carbons (Fsp3) is 0.278. The summed E-state index contributed by atoms with van der Waals surface area (Å²) in [6.07, 6.45) is 2.00. The van der Waals surface area contributed by atoms with Gasteiger partial charge >= 0.3 is 0 Å². The molecule has 0 saturated heterocycles. The highest BCUT2D eigenvalue weighted by atomic mass is 35.5. The SMILES string of the molecule is CCCNC(=O)c1ccc(N(Cc2ccccc2Cl)S(C)(=O)=O)cc1. The van der Waals surface area contributed by atoms with Crippen LogP contribution in [-0.2, 0) is 16.6 Å². The summed E-state index contributed by atoms with van der Waals surface area (Å²) >= 11 is 6.15. The minimum Gasteiger partial charge on any atom is -0.352 e. The van der Waals surface area contributed by atoms with Gasteiger partial charge in [-0.3, -0.25) is 9.10 Å². The molecule has 0 fully saturated rings. The Kier molecular flexibility index (Phi) is 6.45. The van der Waals surface area contributed by atoms with E-state index in [1.165, 1.54) is 4.31 Å². The van der Waals surface area contributed by atoms with Gasteiger partial charge in [-0.15, -0.1) is 0 Å². The molecule has 2 rings (SSSR count). The van der Waals surface area contributed by atoms with Gasteiger partial charge in [-0.05, 0) is 42.3 Å². The third-order valence-corrected chi connectivity index (χ3v) is 5.13. The number of nitrogens with zero attached hydrogens (tertiary/aromatic N) is 1. The van der Waals surface area contributed by atoms with E-state index in [9.17, 15) is 13.2 Å². The molecule has 0 bridgehead atoms. The van der Waals surface area contributed by atoms with E-state index < -0.39 is 10.0 Å². The molecule has 1 amide bonds. The molecule has 0 saturated carbocycles. The smallest absolute Gasteiger partial charge is 0.251 e. The van der Waals surface area contributed by atoms with Crippen molar-refractivity contribution in [3.63, 3.8) is 0 Å². The normalized spacial score (nSPS) is 11.2. The second-order valence-corrected chi connectivity index (χ2v) is 7.98. The molecule has 2 aromatic carbocycles. The van der Waals surface area contributed by atoms with Crippen LogP contribution in [0.15, 0.2) is 48.5 Å². The molecule has 0 radical (unpaired) electrons. The minimum atomic E-state index is -3.51. The summed E-state index contributed by atoms with van der Waals surface area (Å²) in [5.74, 6) is -0.176. The number of hydrogen-bond donors (Lipinski definition) is 1. The van der Waals surface area contributed by atoms with Crippen LogP contribution in [0.25, 0.3) is 0 Å². The van der Waals surface area contributed by atoms with E-state index in [1.54, 1.807) is 42.5 Å². The molecule has 0 heterocycles. The van der Waals surface area contributed by atoms with Crippen molar-refractivity contribution in [2.45, 2.75) is 19.9 Å². The Balaban J connectivity index is 2.27. The van der Waals surface area contributed by atoms with Crippen molar-refractivity contribution < 1.29 is 13.2 Å². The van der Waals surface area contributed by atoms with E-state index in [4.69, 9.17) is 11.6 Å². The van der Waals surface area contributed by atoms with Gasteiger partial charge in [0, 0.05) is 17.1 Å². The van der Waals surface area contributed by atoms with E-state index >= 15 is 0 Å². The maximum atomic E-state index is 12.2. The predicted molar refractivity (Wildman–Crippen MR) is 102 cm³/mol. The van der Waals surface area contributed by atoms with E-state index in [2.05, 4.69) is 5.32 Å². The standard InChI is InChI=1S/C18H21ClN2O3S/c1-3-12-20-18(22)14-8-10-16(11-9-14)21(25(2,23)24)13-15-6-4-5-7-17(15)19/h4-11H,3,12-13H2,1-2H3,(H,20,22). The summed E-state index contributed by atoms with van der Waals surface area (Å²) in [6, 6.07) is 13.6. The van der Waals surface area contributed by atoms with Gasteiger partial charge in [-0.2, -0.15) is 0 Å². The molecule has 25 heavy (non-hydrogen) atoms. The summed E-state index contributed by atoms with van der Waals surface area (Å²) in [7, 11) is -3.51. The first-order valence-corrected chi connectivity index (χ1v) is 10.1. The molecule has 134 valence electrons. The topological polar surface area (TPSA) is 66.5 Å². The van der Waals surface area contributed by atoms with Crippen molar-refractivity contribution in [2.24, 2.45) is 0 Å². The fourth-order valence-electron chi connectivity index (χ4n) is 2.30. The third kappa shape index (κ3) is 5.21. The maximum absolute atomic E-state index is 12.2. The zero-order valence-electron chi connectivity index (χ0n) is 14.2. The molecular formula is C18H21ClN2O3S. The molecule has 0 unspecified atom stereocenters. The number of amides is 1. The highest BCUT2D eigenvalue weighted by molar-refractivity contribution is 7.92. The van der Waals surface area contributed by atoms with Gasteiger partial charge in [-0.25, -0.2) is 8.42 Å². The maximum Gasteiger partial charge on any atom is 0.251 e. The summed E-state index contributed by atoms with van der Waals surface area (Å²) in [6.45, 7) is 2.70. The van der Waals surface area contributed by atoms with Crippen molar-refractivity contribution in [3.05, 3.63) is 64.7 Å². The number of benzene rings is 2. The minimum absolute atomic E-state index is 0.125. The van der Waals surface area contributed by atoms with E-state index in [-0.39, 0.29) is 12.5 Å². The first-order chi connectivity index (χ1) is 11.8. The van der Waals surface area contributed by atoms with Crippen LogP contribution in [0.1, 0.15) is 29.3 Å².